The van der Waals surface area contributed by atoms with Crippen LogP contribution in [0.5, 0.6) is 0 Å². The van der Waals surface area contributed by atoms with E-state index in [4.69, 9.17) is 5.21 Å². The molecular formula is C12H12CuN2O. The summed E-state index contributed by atoms with van der Waals surface area (Å²) in [6.45, 7) is 2.67. The molecule has 0 bridgehead atoms. The minimum Gasteiger partial charge on any atom is -0.411 e. The van der Waals surface area contributed by atoms with Gasteiger partial charge in [0.1, 0.15) is 0 Å². The fourth-order valence-electron chi connectivity index (χ4n) is 1.14. The molecular weight excluding hydrogens is 252 g/mol. The summed E-state index contributed by atoms with van der Waals surface area (Å²) in [5, 5.41) is 9.33. The molecule has 1 N–H and O–H groups in total. The molecule has 0 atom stereocenters. The van der Waals surface area contributed by atoms with Gasteiger partial charge in [0.25, 0.3) is 0 Å². The number of oxime groups is 1. The van der Waals surface area contributed by atoms with Gasteiger partial charge in [-0.1, -0.05) is 36.4 Å². The molecule has 0 aliphatic carbocycles. The summed E-state index contributed by atoms with van der Waals surface area (Å²) >= 11 is 0. The van der Waals surface area contributed by atoms with Gasteiger partial charge in [-0.25, -0.2) is 0 Å². The van der Waals surface area contributed by atoms with Crippen molar-refractivity contribution in [3.05, 3.63) is 54.7 Å². The van der Waals surface area contributed by atoms with Gasteiger partial charge in [0.15, 0.2) is 0 Å². The second-order valence-corrected chi connectivity index (χ2v) is 2.72. The van der Waals surface area contributed by atoms with Crippen LogP contribution in [0.3, 0.4) is 0 Å². The minimum absolute atomic E-state index is 0. The zero-order chi connectivity index (χ0) is 10.9. The van der Waals surface area contributed by atoms with Crippen molar-refractivity contribution in [3.8, 4) is 11.3 Å². The fraction of sp³-hybridized carbons (Fsp3) is 0. The Balaban J connectivity index is 0.000000511. The summed E-state index contributed by atoms with van der Waals surface area (Å²) in [5.41, 5.74) is 2.19. The molecule has 1 radical (unpaired) electrons. The average Bonchev–Trinajstić information content (AvgIpc) is 2.32. The van der Waals surface area contributed by atoms with E-state index in [0.717, 1.165) is 11.3 Å². The first-order chi connectivity index (χ1) is 7.38. The molecule has 4 heteroatoms. The Bertz CT molecular complexity index is 355. The molecule has 3 nitrogen and oxygen atoms in total. The molecule has 0 unspecified atom stereocenters. The molecule has 0 saturated carbocycles. The summed E-state index contributed by atoms with van der Waals surface area (Å²) in [4.78, 5) is 4.25. The summed E-state index contributed by atoms with van der Waals surface area (Å²) in [6, 6.07) is 16.1. The zero-order valence-electron chi connectivity index (χ0n) is 8.55. The molecule has 0 aliphatic rings. The number of nitrogens with zero attached hydrogens (tertiary/aromatic N) is 2. The maximum atomic E-state index is 7.08. The Morgan fingerprint density at radius 1 is 1.00 bits per heavy atom. The van der Waals surface area contributed by atoms with E-state index in [0.29, 0.717) is 0 Å². The SMILES string of the molecule is C=NO.[Cu].c1ccc(-c2ccccn2)cc1. The zero-order valence-corrected chi connectivity index (χ0v) is 9.49. The van der Waals surface area contributed by atoms with Gasteiger partial charge < -0.3 is 5.21 Å². The van der Waals surface area contributed by atoms with Crippen LogP contribution in [-0.2, 0) is 17.1 Å². The van der Waals surface area contributed by atoms with Crippen LogP contribution in [0.2, 0.25) is 0 Å². The summed E-state index contributed by atoms with van der Waals surface area (Å²) in [5.74, 6) is 0. The first-order valence-corrected chi connectivity index (χ1v) is 4.45. The number of hydrogen-bond acceptors (Lipinski definition) is 3. The van der Waals surface area contributed by atoms with Crippen molar-refractivity contribution in [1.82, 2.24) is 4.98 Å². The van der Waals surface area contributed by atoms with Crippen LogP contribution >= 0.6 is 0 Å². The molecule has 1 aromatic heterocycles. The van der Waals surface area contributed by atoms with Gasteiger partial charge >= 0.3 is 0 Å². The third-order valence-corrected chi connectivity index (χ3v) is 1.73. The van der Waals surface area contributed by atoms with E-state index in [-0.39, 0.29) is 17.1 Å². The van der Waals surface area contributed by atoms with Crippen molar-refractivity contribution >= 4 is 6.72 Å². The predicted octanol–water partition coefficient (Wildman–Crippen LogP) is 2.82. The summed E-state index contributed by atoms with van der Waals surface area (Å²) < 4.78 is 0. The molecule has 1 heterocycles. The van der Waals surface area contributed by atoms with Crippen molar-refractivity contribution in [2.75, 3.05) is 0 Å². The second-order valence-electron chi connectivity index (χ2n) is 2.72. The minimum atomic E-state index is 0. The molecule has 0 spiro atoms. The van der Waals surface area contributed by atoms with E-state index < -0.39 is 0 Å². The molecule has 0 fully saturated rings. The van der Waals surface area contributed by atoms with Gasteiger partial charge in [-0.05, 0) is 12.1 Å². The van der Waals surface area contributed by atoms with Crippen molar-refractivity contribution in [2.24, 2.45) is 5.16 Å². The molecule has 0 amide bonds. The normalized spacial score (nSPS) is 8.00. The van der Waals surface area contributed by atoms with Gasteiger partial charge in [-0.2, -0.15) is 0 Å². The number of pyridine rings is 1. The van der Waals surface area contributed by atoms with Gasteiger partial charge in [-0.15, -0.1) is 5.16 Å². The second kappa shape index (κ2) is 8.65. The Morgan fingerprint density at radius 3 is 2.06 bits per heavy atom. The van der Waals surface area contributed by atoms with Crippen LogP contribution < -0.4 is 0 Å². The van der Waals surface area contributed by atoms with Gasteiger partial charge in [0.2, 0.25) is 0 Å². The standard InChI is InChI=1S/C11H9N.CH3NO.Cu/c1-2-6-10(7-3-1)11-8-4-5-9-12-11;1-2-3;/h1-9H;3H,1H2;. The third kappa shape index (κ3) is 4.73. The first-order valence-electron chi connectivity index (χ1n) is 4.45. The fourth-order valence-corrected chi connectivity index (χ4v) is 1.14. The number of aromatic nitrogens is 1. The maximum Gasteiger partial charge on any atom is 0.0701 e. The van der Waals surface area contributed by atoms with Crippen LogP contribution in [0.1, 0.15) is 0 Å². The van der Waals surface area contributed by atoms with Crippen LogP contribution in [0.4, 0.5) is 0 Å². The maximum absolute atomic E-state index is 7.08. The van der Waals surface area contributed by atoms with Crippen molar-refractivity contribution in [2.45, 2.75) is 0 Å². The van der Waals surface area contributed by atoms with Crippen LogP contribution in [0, 0.1) is 0 Å². The van der Waals surface area contributed by atoms with Crippen molar-refractivity contribution in [3.63, 3.8) is 0 Å². The van der Waals surface area contributed by atoms with Gasteiger partial charge in [0.05, 0.1) is 5.69 Å². The summed E-state index contributed by atoms with van der Waals surface area (Å²) in [6.07, 6.45) is 1.81. The Hall–Kier alpha value is -1.64. The van der Waals surface area contributed by atoms with Gasteiger partial charge in [-0.3, -0.25) is 4.98 Å². The Morgan fingerprint density at radius 2 is 1.56 bits per heavy atom. The first kappa shape index (κ1) is 14.4. The molecule has 0 saturated heterocycles. The van der Waals surface area contributed by atoms with E-state index in [1.54, 1.807) is 0 Å². The number of rotatable bonds is 1. The molecule has 2 aromatic rings. The van der Waals surface area contributed by atoms with E-state index in [2.05, 4.69) is 29.0 Å². The van der Waals surface area contributed by atoms with Crippen LogP contribution in [-0.4, -0.2) is 16.9 Å². The van der Waals surface area contributed by atoms with Crippen LogP contribution in [0.25, 0.3) is 11.3 Å². The molecule has 2 rings (SSSR count). The average molecular weight is 264 g/mol. The van der Waals surface area contributed by atoms with E-state index in [1.807, 2.05) is 42.6 Å². The molecule has 16 heavy (non-hydrogen) atoms. The third-order valence-electron chi connectivity index (χ3n) is 1.73. The molecule has 0 aliphatic heterocycles. The quantitative estimate of drug-likeness (QED) is 0.372. The van der Waals surface area contributed by atoms with Crippen molar-refractivity contribution in [1.29, 1.82) is 0 Å². The monoisotopic (exact) mass is 263 g/mol. The van der Waals surface area contributed by atoms with Crippen molar-refractivity contribution < 1.29 is 22.3 Å². The molecule has 1 aromatic carbocycles. The summed E-state index contributed by atoms with van der Waals surface area (Å²) in [7, 11) is 0. The van der Waals surface area contributed by atoms with E-state index in [1.165, 1.54) is 0 Å². The molecule has 87 valence electrons. The largest absolute Gasteiger partial charge is 0.411 e. The van der Waals surface area contributed by atoms with E-state index in [9.17, 15) is 0 Å². The van der Waals surface area contributed by atoms with E-state index >= 15 is 0 Å². The Kier molecular flexibility index (Phi) is 7.76. The predicted molar refractivity (Wildman–Crippen MR) is 61.0 cm³/mol. The van der Waals surface area contributed by atoms with Gasteiger partial charge in [0, 0.05) is 35.5 Å². The Labute approximate surface area is 105 Å². The number of benzene rings is 1. The number of hydrogen-bond donors (Lipinski definition) is 1. The van der Waals surface area contributed by atoms with Crippen LogP contribution in [0.15, 0.2) is 59.9 Å². The topological polar surface area (TPSA) is 45.5 Å². The smallest absolute Gasteiger partial charge is 0.0701 e.